The van der Waals surface area contributed by atoms with Crippen molar-refractivity contribution in [1.82, 2.24) is 0 Å². The van der Waals surface area contributed by atoms with Gasteiger partial charge in [0.15, 0.2) is 0 Å². The van der Waals surface area contributed by atoms with Gasteiger partial charge in [0.1, 0.15) is 0 Å². The number of rotatable bonds is 17. The van der Waals surface area contributed by atoms with Crippen molar-refractivity contribution in [2.24, 2.45) is 5.41 Å². The molecule has 5 heteroatoms. The summed E-state index contributed by atoms with van der Waals surface area (Å²) < 4.78 is 0. The highest BCUT2D eigenvalue weighted by molar-refractivity contribution is 7.59. The van der Waals surface area contributed by atoms with Crippen LogP contribution in [-0.2, 0) is 9.59 Å². The maximum absolute atomic E-state index is 11.8. The van der Waals surface area contributed by atoms with Gasteiger partial charge in [-0.05, 0) is 12.8 Å². The molecule has 0 aliphatic rings. The molecule has 0 fully saturated rings. The second kappa shape index (κ2) is 16.7. The van der Waals surface area contributed by atoms with Gasteiger partial charge in [0.05, 0.1) is 11.8 Å². The van der Waals surface area contributed by atoms with Gasteiger partial charge in [0, 0.05) is 0 Å². The lowest BCUT2D eigenvalue weighted by Crippen LogP contribution is -2.33. The Bertz CT molecular complexity index is 329. The Morgan fingerprint density at radius 2 is 1.04 bits per heavy atom. The minimum atomic E-state index is -1.07. The van der Waals surface area contributed by atoms with E-state index >= 15 is 0 Å². The summed E-state index contributed by atoms with van der Waals surface area (Å²) >= 11 is 0. The molecule has 0 amide bonds. The molecule has 0 unspecified atom stereocenters. The zero-order valence-corrected chi connectivity index (χ0v) is 17.3. The first-order valence-corrected chi connectivity index (χ1v) is 9.93. The molecule has 0 aliphatic heterocycles. The Balaban J connectivity index is 0. The van der Waals surface area contributed by atoms with Crippen molar-refractivity contribution < 1.29 is 19.8 Å². The van der Waals surface area contributed by atoms with E-state index in [0.717, 1.165) is 38.5 Å². The minimum Gasteiger partial charge on any atom is -0.481 e. The number of carboxylic acids is 2. The Kier molecular flexibility index (Phi) is 17.8. The number of hydrogen-bond acceptors (Lipinski definition) is 2. The summed E-state index contributed by atoms with van der Waals surface area (Å²) in [4.78, 5) is 23.0. The summed E-state index contributed by atoms with van der Waals surface area (Å²) in [5, 5.41) is 18.9. The lowest BCUT2D eigenvalue weighted by atomic mass is 9.75. The third kappa shape index (κ3) is 13.2. The maximum Gasteiger partial charge on any atom is 0.310 e. The summed E-state index contributed by atoms with van der Waals surface area (Å²) in [6.07, 6.45) is 13.8. The van der Waals surface area contributed by atoms with Crippen molar-refractivity contribution in [3.63, 3.8) is 0 Å². The van der Waals surface area contributed by atoms with Crippen molar-refractivity contribution in [1.29, 1.82) is 0 Å². The first-order chi connectivity index (χ1) is 11.5. The molecule has 0 heterocycles. The molecule has 0 atom stereocenters. The Labute approximate surface area is 161 Å². The van der Waals surface area contributed by atoms with Gasteiger partial charge in [-0.1, -0.05) is 90.9 Å². The van der Waals surface area contributed by atoms with E-state index in [1.807, 2.05) is 0 Å². The van der Waals surface area contributed by atoms with E-state index in [2.05, 4.69) is 13.8 Å². The van der Waals surface area contributed by atoms with Gasteiger partial charge in [-0.15, -0.1) is 0 Å². The number of unbranched alkanes of at least 4 members (excludes halogenated alkanes) is 10. The zero-order valence-electron chi connectivity index (χ0n) is 16.3. The van der Waals surface area contributed by atoms with E-state index < -0.39 is 17.4 Å². The van der Waals surface area contributed by atoms with Crippen LogP contribution >= 0.6 is 13.5 Å². The zero-order chi connectivity index (χ0) is 18.3. The van der Waals surface area contributed by atoms with Gasteiger partial charge >= 0.3 is 11.9 Å². The fraction of sp³-hybridized carbons (Fsp3) is 0.900. The smallest absolute Gasteiger partial charge is 0.310 e. The summed E-state index contributed by atoms with van der Waals surface area (Å²) in [5.74, 6) is -1.92. The average Bonchev–Trinajstić information content (AvgIpc) is 2.53. The Morgan fingerprint density at radius 3 is 1.36 bits per heavy atom. The molecule has 0 radical (unpaired) electrons. The Morgan fingerprint density at radius 1 is 0.680 bits per heavy atom. The first-order valence-electron chi connectivity index (χ1n) is 9.93. The second-order valence-electron chi connectivity index (χ2n) is 7.19. The van der Waals surface area contributed by atoms with Crippen LogP contribution in [0.2, 0.25) is 0 Å². The van der Waals surface area contributed by atoms with Crippen LogP contribution in [0.4, 0.5) is 0 Å². The van der Waals surface area contributed by atoms with Gasteiger partial charge in [-0.3, -0.25) is 9.59 Å². The van der Waals surface area contributed by atoms with Crippen LogP contribution in [0.15, 0.2) is 0 Å². The number of aliphatic carboxylic acids is 2. The predicted molar refractivity (Wildman–Crippen MR) is 109 cm³/mol. The Hall–Kier alpha value is -0.710. The molecule has 0 spiro atoms. The van der Waals surface area contributed by atoms with E-state index in [-0.39, 0.29) is 19.9 Å². The lowest BCUT2D eigenvalue weighted by molar-refractivity contribution is -0.157. The molecule has 0 aromatic heterocycles. The van der Waals surface area contributed by atoms with Crippen LogP contribution < -0.4 is 0 Å². The van der Waals surface area contributed by atoms with E-state index in [4.69, 9.17) is 0 Å². The lowest BCUT2D eigenvalue weighted by Gasteiger charge is -2.28. The molecule has 0 aromatic rings. The van der Waals surface area contributed by atoms with E-state index in [9.17, 15) is 19.8 Å². The quantitative estimate of drug-likeness (QED) is 0.299. The predicted octanol–water partition coefficient (Wildman–Crippen LogP) is 6.15. The van der Waals surface area contributed by atoms with E-state index in [0.29, 0.717) is 12.8 Å². The van der Waals surface area contributed by atoms with Gasteiger partial charge in [-0.2, -0.15) is 13.5 Å². The van der Waals surface area contributed by atoms with Crippen molar-refractivity contribution in [3.05, 3.63) is 0 Å². The number of hydrogen-bond donors (Lipinski definition) is 2. The SMILES string of the molecule is CCCCCCCCC(CCCCCCCC)(CC(=O)O)C(=O)O.S. The molecule has 0 rings (SSSR count). The van der Waals surface area contributed by atoms with E-state index in [1.54, 1.807) is 0 Å². The van der Waals surface area contributed by atoms with Crippen LogP contribution in [0.1, 0.15) is 110 Å². The number of carbonyl (C=O) groups is 2. The van der Waals surface area contributed by atoms with E-state index in [1.165, 1.54) is 38.5 Å². The summed E-state index contributed by atoms with van der Waals surface area (Å²) in [6.45, 7) is 4.34. The fourth-order valence-corrected chi connectivity index (χ4v) is 3.37. The monoisotopic (exact) mass is 376 g/mol. The second-order valence-corrected chi connectivity index (χ2v) is 7.19. The van der Waals surface area contributed by atoms with Crippen LogP contribution in [0, 0.1) is 5.41 Å². The fourth-order valence-electron chi connectivity index (χ4n) is 3.37. The summed E-state index contributed by atoms with van der Waals surface area (Å²) in [5.41, 5.74) is -1.07. The summed E-state index contributed by atoms with van der Waals surface area (Å²) in [7, 11) is 0. The molecule has 0 aromatic carbocycles. The largest absolute Gasteiger partial charge is 0.481 e. The molecule has 0 aliphatic carbocycles. The summed E-state index contributed by atoms with van der Waals surface area (Å²) in [6, 6.07) is 0. The molecule has 150 valence electrons. The van der Waals surface area contributed by atoms with Crippen molar-refractivity contribution in [2.45, 2.75) is 110 Å². The molecule has 0 saturated heterocycles. The minimum absolute atomic E-state index is 0. The molecule has 0 saturated carbocycles. The van der Waals surface area contributed by atoms with Crippen LogP contribution in [0.5, 0.6) is 0 Å². The molecule has 0 bridgehead atoms. The molecular formula is C20H40O4S. The van der Waals surface area contributed by atoms with Crippen LogP contribution in [-0.4, -0.2) is 22.2 Å². The highest BCUT2D eigenvalue weighted by Gasteiger charge is 2.39. The van der Waals surface area contributed by atoms with Crippen molar-refractivity contribution >= 4 is 25.4 Å². The van der Waals surface area contributed by atoms with Crippen molar-refractivity contribution in [2.75, 3.05) is 0 Å². The highest BCUT2D eigenvalue weighted by Crippen LogP contribution is 2.36. The van der Waals surface area contributed by atoms with Crippen LogP contribution in [0.25, 0.3) is 0 Å². The van der Waals surface area contributed by atoms with Gasteiger partial charge in [-0.25, -0.2) is 0 Å². The van der Waals surface area contributed by atoms with Gasteiger partial charge in [0.2, 0.25) is 0 Å². The van der Waals surface area contributed by atoms with Crippen molar-refractivity contribution in [3.8, 4) is 0 Å². The standard InChI is InChI=1S/C20H38O4.H2S/c1-3-5-7-9-11-13-15-20(19(23)24,17-18(21)22)16-14-12-10-8-6-4-2;/h3-17H2,1-2H3,(H,21,22)(H,23,24);1H2. The molecule has 4 nitrogen and oxygen atoms in total. The number of carboxylic acid groups (broad SMARTS) is 2. The normalized spacial score (nSPS) is 11.1. The topological polar surface area (TPSA) is 74.6 Å². The average molecular weight is 377 g/mol. The van der Waals surface area contributed by atoms with Gasteiger partial charge in [0.25, 0.3) is 0 Å². The highest BCUT2D eigenvalue weighted by atomic mass is 32.1. The third-order valence-corrected chi connectivity index (χ3v) is 4.96. The maximum atomic E-state index is 11.8. The molecule has 2 N–H and O–H groups in total. The first kappa shape index (κ1) is 26.5. The molecule has 25 heavy (non-hydrogen) atoms. The van der Waals surface area contributed by atoms with Gasteiger partial charge < -0.3 is 10.2 Å². The van der Waals surface area contributed by atoms with Crippen LogP contribution in [0.3, 0.4) is 0 Å². The third-order valence-electron chi connectivity index (χ3n) is 4.96. The molecular weight excluding hydrogens is 336 g/mol.